The third kappa shape index (κ3) is 4.79. The first-order chi connectivity index (χ1) is 14.7. The first-order valence-electron chi connectivity index (χ1n) is 10.3. The zero-order chi connectivity index (χ0) is 20.8. The molecular formula is C23H26N4O3. The van der Waals surface area contributed by atoms with E-state index in [1.165, 1.54) is 6.42 Å². The smallest absolute Gasteiger partial charge is 0.318 e. The van der Waals surface area contributed by atoms with Crippen LogP contribution >= 0.6 is 0 Å². The number of amides is 1. The summed E-state index contributed by atoms with van der Waals surface area (Å²) in [4.78, 5) is 15.0. The molecule has 3 aromatic rings. The van der Waals surface area contributed by atoms with Gasteiger partial charge in [-0.1, -0.05) is 41.5 Å². The van der Waals surface area contributed by atoms with Crippen LogP contribution in [0.4, 0.5) is 6.01 Å². The number of carbonyl (C=O) groups excluding carboxylic acids is 1. The van der Waals surface area contributed by atoms with E-state index in [0.717, 1.165) is 31.5 Å². The minimum absolute atomic E-state index is 0.215. The van der Waals surface area contributed by atoms with E-state index in [1.54, 1.807) is 31.4 Å². The molecule has 7 heteroatoms. The summed E-state index contributed by atoms with van der Waals surface area (Å²) in [5, 5.41) is 11.6. The Morgan fingerprint density at radius 2 is 1.90 bits per heavy atom. The maximum Gasteiger partial charge on any atom is 0.318 e. The number of nitrogens with one attached hydrogen (secondary N) is 1. The molecule has 1 atom stereocenters. The Morgan fingerprint density at radius 3 is 2.67 bits per heavy atom. The Kier molecular flexibility index (Phi) is 6.27. The first-order valence-corrected chi connectivity index (χ1v) is 10.3. The predicted molar refractivity (Wildman–Crippen MR) is 114 cm³/mol. The average molecular weight is 406 g/mol. The summed E-state index contributed by atoms with van der Waals surface area (Å²) < 4.78 is 11.2. The molecule has 2 heterocycles. The Hall–Kier alpha value is -3.35. The van der Waals surface area contributed by atoms with Gasteiger partial charge in [0.1, 0.15) is 11.8 Å². The van der Waals surface area contributed by atoms with E-state index >= 15 is 0 Å². The topological polar surface area (TPSA) is 80.5 Å². The highest BCUT2D eigenvalue weighted by atomic mass is 16.5. The van der Waals surface area contributed by atoms with Crippen LogP contribution in [0.25, 0.3) is 0 Å². The molecule has 1 saturated heterocycles. The van der Waals surface area contributed by atoms with Gasteiger partial charge in [0.2, 0.25) is 5.89 Å². The van der Waals surface area contributed by atoms with Crippen molar-refractivity contribution in [3.8, 4) is 5.75 Å². The number of hydrogen-bond donors (Lipinski definition) is 1. The maximum absolute atomic E-state index is 12.9. The van der Waals surface area contributed by atoms with Crippen LogP contribution in [0.2, 0.25) is 0 Å². The van der Waals surface area contributed by atoms with Crippen LogP contribution in [0.5, 0.6) is 5.75 Å². The third-order valence-electron chi connectivity index (χ3n) is 5.27. The summed E-state index contributed by atoms with van der Waals surface area (Å²) >= 11 is 0. The first kappa shape index (κ1) is 19.9. The van der Waals surface area contributed by atoms with Crippen molar-refractivity contribution in [3.05, 3.63) is 71.6 Å². The van der Waals surface area contributed by atoms with E-state index in [1.807, 2.05) is 30.3 Å². The van der Waals surface area contributed by atoms with Gasteiger partial charge in [0.15, 0.2) is 0 Å². The fraction of sp³-hybridized carbons (Fsp3) is 0.348. The number of nitrogens with zero attached hydrogens (tertiary/aromatic N) is 3. The van der Waals surface area contributed by atoms with Crippen molar-refractivity contribution in [2.45, 2.75) is 31.7 Å². The van der Waals surface area contributed by atoms with Crippen LogP contribution in [-0.2, 0) is 6.42 Å². The number of hydrogen-bond acceptors (Lipinski definition) is 6. The number of piperidine rings is 1. The second-order valence-corrected chi connectivity index (χ2v) is 7.42. The molecular weight excluding hydrogens is 380 g/mol. The monoisotopic (exact) mass is 406 g/mol. The van der Waals surface area contributed by atoms with E-state index in [9.17, 15) is 4.79 Å². The molecule has 1 aliphatic rings. The molecule has 0 spiro atoms. The van der Waals surface area contributed by atoms with Gasteiger partial charge >= 0.3 is 6.01 Å². The largest absolute Gasteiger partial charge is 0.497 e. The SMILES string of the molecule is COc1cccc(C(=O)NC(Cc2ccccc2)c2nnc(N3CCCCC3)o2)c1. The van der Waals surface area contributed by atoms with Crippen LogP contribution in [0.15, 0.2) is 59.0 Å². The molecule has 4 rings (SSSR count). The zero-order valence-corrected chi connectivity index (χ0v) is 17.1. The lowest BCUT2D eigenvalue weighted by Gasteiger charge is -2.24. The van der Waals surface area contributed by atoms with Gasteiger partial charge in [-0.15, -0.1) is 5.10 Å². The molecule has 7 nitrogen and oxygen atoms in total. The summed E-state index contributed by atoms with van der Waals surface area (Å²) in [6.45, 7) is 1.84. The summed E-state index contributed by atoms with van der Waals surface area (Å²) in [6.07, 6.45) is 4.03. The molecule has 1 aliphatic heterocycles. The quantitative estimate of drug-likeness (QED) is 0.643. The van der Waals surface area contributed by atoms with Crippen LogP contribution in [-0.4, -0.2) is 36.3 Å². The second-order valence-electron chi connectivity index (χ2n) is 7.42. The fourth-order valence-corrected chi connectivity index (χ4v) is 3.64. The molecule has 0 radical (unpaired) electrons. The zero-order valence-electron chi connectivity index (χ0n) is 17.1. The van der Waals surface area contributed by atoms with Crippen molar-refractivity contribution in [2.75, 3.05) is 25.1 Å². The summed E-state index contributed by atoms with van der Waals surface area (Å²) in [7, 11) is 1.58. The minimum Gasteiger partial charge on any atom is -0.497 e. The Morgan fingerprint density at radius 1 is 1.10 bits per heavy atom. The third-order valence-corrected chi connectivity index (χ3v) is 5.27. The van der Waals surface area contributed by atoms with Crippen molar-refractivity contribution in [1.82, 2.24) is 15.5 Å². The number of aromatic nitrogens is 2. The van der Waals surface area contributed by atoms with E-state index in [-0.39, 0.29) is 5.91 Å². The molecule has 156 valence electrons. The van der Waals surface area contributed by atoms with Gasteiger partial charge in [-0.3, -0.25) is 4.79 Å². The minimum atomic E-state index is -0.433. The molecule has 1 unspecified atom stereocenters. The summed E-state index contributed by atoms with van der Waals surface area (Å²) in [5.74, 6) is 0.829. The summed E-state index contributed by atoms with van der Waals surface area (Å²) in [5.41, 5.74) is 1.59. The molecule has 0 bridgehead atoms. The molecule has 0 saturated carbocycles. The van der Waals surface area contributed by atoms with Gasteiger partial charge in [-0.2, -0.15) is 0 Å². The van der Waals surface area contributed by atoms with E-state index in [4.69, 9.17) is 9.15 Å². The normalized spacial score (nSPS) is 14.9. The van der Waals surface area contributed by atoms with Crippen LogP contribution in [0.1, 0.15) is 47.1 Å². The van der Waals surface area contributed by atoms with Crippen molar-refractivity contribution in [3.63, 3.8) is 0 Å². The Labute approximate surface area is 176 Å². The highest BCUT2D eigenvalue weighted by Gasteiger charge is 2.24. The van der Waals surface area contributed by atoms with Crippen LogP contribution < -0.4 is 15.0 Å². The Balaban J connectivity index is 1.56. The van der Waals surface area contributed by atoms with Gasteiger partial charge in [0.05, 0.1) is 7.11 Å². The van der Waals surface area contributed by atoms with Crippen LogP contribution in [0, 0.1) is 0 Å². The van der Waals surface area contributed by atoms with E-state index in [2.05, 4.69) is 20.4 Å². The molecule has 2 aromatic carbocycles. The van der Waals surface area contributed by atoms with Gasteiger partial charge in [-0.05, 0) is 43.0 Å². The van der Waals surface area contributed by atoms with Gasteiger partial charge in [0, 0.05) is 25.1 Å². The van der Waals surface area contributed by atoms with Gasteiger partial charge < -0.3 is 19.4 Å². The van der Waals surface area contributed by atoms with Crippen molar-refractivity contribution >= 4 is 11.9 Å². The molecule has 1 aromatic heterocycles. The van der Waals surface area contributed by atoms with Crippen molar-refractivity contribution < 1.29 is 13.9 Å². The fourth-order valence-electron chi connectivity index (χ4n) is 3.64. The number of methoxy groups -OCH3 is 1. The highest BCUT2D eigenvalue weighted by molar-refractivity contribution is 5.94. The predicted octanol–water partition coefficient (Wildman–Crippen LogP) is 3.78. The molecule has 1 amide bonds. The van der Waals surface area contributed by atoms with Crippen LogP contribution in [0.3, 0.4) is 0 Å². The molecule has 0 aliphatic carbocycles. The van der Waals surface area contributed by atoms with Gasteiger partial charge in [-0.25, -0.2) is 0 Å². The number of carbonyl (C=O) groups is 1. The lowest BCUT2D eigenvalue weighted by atomic mass is 10.1. The molecule has 1 fully saturated rings. The average Bonchev–Trinajstić information content (AvgIpc) is 3.30. The van der Waals surface area contributed by atoms with Gasteiger partial charge in [0.25, 0.3) is 5.91 Å². The number of rotatable bonds is 7. The summed E-state index contributed by atoms with van der Waals surface area (Å²) in [6, 6.07) is 17.1. The standard InChI is InChI=1S/C23H26N4O3/c1-29-19-12-8-11-18(16-19)21(28)24-20(15-17-9-4-2-5-10-17)22-25-26-23(30-22)27-13-6-3-7-14-27/h2,4-5,8-12,16,20H,3,6-7,13-15H2,1H3,(H,24,28). The number of ether oxygens (including phenoxy) is 1. The van der Waals surface area contributed by atoms with E-state index < -0.39 is 6.04 Å². The van der Waals surface area contributed by atoms with Crippen molar-refractivity contribution in [1.29, 1.82) is 0 Å². The molecule has 30 heavy (non-hydrogen) atoms. The Bertz CT molecular complexity index is 967. The number of benzene rings is 2. The maximum atomic E-state index is 12.9. The van der Waals surface area contributed by atoms with Crippen molar-refractivity contribution in [2.24, 2.45) is 0 Å². The second kappa shape index (κ2) is 9.43. The highest BCUT2D eigenvalue weighted by Crippen LogP contribution is 2.24. The van der Waals surface area contributed by atoms with E-state index in [0.29, 0.717) is 29.6 Å². The lowest BCUT2D eigenvalue weighted by Crippen LogP contribution is -2.30. The molecule has 1 N–H and O–H groups in total. The lowest BCUT2D eigenvalue weighted by molar-refractivity contribution is 0.0929. The number of anilines is 1.